The summed E-state index contributed by atoms with van der Waals surface area (Å²) in [4.78, 5) is 25.8. The van der Waals surface area contributed by atoms with Gasteiger partial charge in [0.15, 0.2) is 5.78 Å². The average Bonchev–Trinajstić information content (AvgIpc) is 3.64. The van der Waals surface area contributed by atoms with Crippen molar-refractivity contribution in [2.24, 2.45) is 17.3 Å². The molecule has 0 aromatic rings. The van der Waals surface area contributed by atoms with Gasteiger partial charge in [-0.2, -0.15) is 0 Å². The Morgan fingerprint density at radius 1 is 1.12 bits per heavy atom. The van der Waals surface area contributed by atoms with E-state index < -0.39 is 0 Å². The third kappa shape index (κ3) is 5.01. The van der Waals surface area contributed by atoms with Gasteiger partial charge in [0.25, 0.3) is 0 Å². The number of ether oxygens (including phenoxy) is 1. The van der Waals surface area contributed by atoms with Crippen LogP contribution in [0.25, 0.3) is 0 Å². The minimum absolute atomic E-state index is 0.0581. The van der Waals surface area contributed by atoms with E-state index in [9.17, 15) is 14.7 Å². The third-order valence-corrected chi connectivity index (χ3v) is 12.1. The number of hydrogen-bond acceptors (Lipinski definition) is 4. The monoisotopic (exact) mass is 780 g/mol. The Labute approximate surface area is 233 Å². The Bertz CT molecular complexity index is 764. The number of halogens is 3. The molecule has 5 rings (SSSR count). The van der Waals surface area contributed by atoms with Crippen LogP contribution < -0.4 is 0 Å². The van der Waals surface area contributed by atoms with Crippen molar-refractivity contribution in [3.8, 4) is 0 Å². The van der Waals surface area contributed by atoms with Crippen LogP contribution in [0.15, 0.2) is 24.3 Å². The summed E-state index contributed by atoms with van der Waals surface area (Å²) in [6.45, 7) is 3.59. The fourth-order valence-electron chi connectivity index (χ4n) is 6.54. The molecule has 0 radical (unpaired) electrons. The summed E-state index contributed by atoms with van der Waals surface area (Å²) < 4.78 is 5.85. The lowest BCUT2D eigenvalue weighted by Crippen LogP contribution is -2.62. The van der Waals surface area contributed by atoms with Crippen LogP contribution >= 0.6 is 67.8 Å². The van der Waals surface area contributed by atoms with Crippen molar-refractivity contribution in [3.05, 3.63) is 24.3 Å². The highest BCUT2D eigenvalue weighted by atomic mass is 127. The topological polar surface area (TPSA) is 63.6 Å². The molecule has 0 bridgehead atoms. The molecule has 0 aromatic carbocycles. The van der Waals surface area contributed by atoms with E-state index in [2.05, 4.69) is 74.4 Å². The molecule has 6 unspecified atom stereocenters. The van der Waals surface area contributed by atoms with E-state index in [-0.39, 0.29) is 36.7 Å². The predicted octanol–water partition coefficient (Wildman–Crippen LogP) is 6.54. The minimum atomic E-state index is -0.386. The number of carbonyl (C=O) groups is 2. The second kappa shape index (κ2) is 11.2. The van der Waals surface area contributed by atoms with E-state index in [1.54, 1.807) is 0 Å². The summed E-state index contributed by atoms with van der Waals surface area (Å²) in [5, 5.41) is 10.5. The largest absolute Gasteiger partial charge is 0.459 e. The molecule has 0 spiro atoms. The SMILES string of the molecule is C1CC1.C=CC(=O)OC1CCC2C3(I)CCC4=CC(=O)CCC4(I)C3CCC12CO.CI. The minimum Gasteiger partial charge on any atom is -0.459 e. The molecule has 5 aliphatic carbocycles. The van der Waals surface area contributed by atoms with Gasteiger partial charge in [-0.1, -0.05) is 99.2 Å². The van der Waals surface area contributed by atoms with Crippen LogP contribution in [0.1, 0.15) is 70.6 Å². The third-order valence-electron chi connectivity index (χ3n) is 8.12. The van der Waals surface area contributed by atoms with Gasteiger partial charge in [-0.25, -0.2) is 4.79 Å². The van der Waals surface area contributed by atoms with Crippen LogP contribution in [-0.2, 0) is 14.3 Å². The van der Waals surface area contributed by atoms with Crippen LogP contribution in [-0.4, -0.2) is 41.3 Å². The predicted molar refractivity (Wildman–Crippen MR) is 154 cm³/mol. The van der Waals surface area contributed by atoms with Crippen molar-refractivity contribution in [1.82, 2.24) is 0 Å². The second-order valence-electron chi connectivity index (χ2n) is 9.73. The molecule has 1 N–H and O–H groups in total. The molecule has 0 aromatic heterocycles. The van der Waals surface area contributed by atoms with Crippen molar-refractivity contribution >= 4 is 79.5 Å². The summed E-state index contributed by atoms with van der Waals surface area (Å²) >= 11 is 7.47. The highest BCUT2D eigenvalue weighted by molar-refractivity contribution is 14.1. The van der Waals surface area contributed by atoms with Gasteiger partial charge in [0.2, 0.25) is 0 Å². The van der Waals surface area contributed by atoms with E-state index in [1.165, 1.54) is 30.9 Å². The summed E-state index contributed by atoms with van der Waals surface area (Å²) in [7, 11) is 0. The Hall–Kier alpha value is 0.770. The first-order valence-electron chi connectivity index (χ1n) is 11.7. The summed E-state index contributed by atoms with van der Waals surface area (Å²) in [5.74, 6) is 0.722. The standard InChI is InChI=1S/C21H26I2O4.C3H6.CH3I/c1-2-18(26)27-17-4-3-15-19(17,12-24)8-7-16-20(22)10-6-14(25)11-13(20)5-9-21(15,16)23;1-2-3-1;1-2/h2,11,15-17,24H,1,3-10,12H2;1-3H2;1H3. The number of alkyl halides is 3. The molecule has 7 heteroatoms. The van der Waals surface area contributed by atoms with Gasteiger partial charge >= 0.3 is 5.97 Å². The molecule has 32 heavy (non-hydrogen) atoms. The van der Waals surface area contributed by atoms with E-state index in [0.717, 1.165) is 44.9 Å². The van der Waals surface area contributed by atoms with Gasteiger partial charge in [0.05, 0.1) is 6.61 Å². The summed E-state index contributed by atoms with van der Waals surface area (Å²) in [6, 6.07) is 0. The first-order chi connectivity index (χ1) is 15.3. The van der Waals surface area contributed by atoms with Crippen LogP contribution in [0.4, 0.5) is 0 Å². The second-order valence-corrected chi connectivity index (χ2v) is 13.7. The maximum Gasteiger partial charge on any atom is 0.330 e. The zero-order chi connectivity index (χ0) is 23.6. The number of esters is 1. The number of fused-ring (bicyclic) bond motifs is 5. The first-order valence-corrected chi connectivity index (χ1v) is 16.0. The molecule has 0 aliphatic heterocycles. The van der Waals surface area contributed by atoms with E-state index in [4.69, 9.17) is 4.74 Å². The lowest BCUT2D eigenvalue weighted by molar-refractivity contribution is -0.156. The number of aliphatic hydroxyl groups excluding tert-OH is 1. The molecule has 4 fully saturated rings. The van der Waals surface area contributed by atoms with Crippen molar-refractivity contribution in [2.75, 3.05) is 11.5 Å². The molecular formula is C25H35I3O4. The van der Waals surface area contributed by atoms with Crippen LogP contribution in [0.5, 0.6) is 0 Å². The van der Waals surface area contributed by atoms with Crippen LogP contribution in [0.3, 0.4) is 0 Å². The van der Waals surface area contributed by atoms with Gasteiger partial charge < -0.3 is 9.84 Å². The number of hydrogen-bond donors (Lipinski definition) is 1. The molecule has 6 atom stereocenters. The van der Waals surface area contributed by atoms with Crippen molar-refractivity contribution in [3.63, 3.8) is 0 Å². The zero-order valence-corrected chi connectivity index (χ0v) is 25.4. The number of carbonyl (C=O) groups excluding carboxylic acids is 2. The molecule has 0 heterocycles. The first kappa shape index (κ1) is 27.4. The normalized spacial score (nSPS) is 41.2. The van der Waals surface area contributed by atoms with Crippen LogP contribution in [0.2, 0.25) is 0 Å². The number of aliphatic hydroxyl groups is 1. The fraction of sp³-hybridized carbons (Fsp3) is 0.760. The van der Waals surface area contributed by atoms with Gasteiger partial charge in [0.1, 0.15) is 6.10 Å². The number of ketones is 1. The maximum atomic E-state index is 12.0. The van der Waals surface area contributed by atoms with E-state index in [1.807, 2.05) is 11.0 Å². The van der Waals surface area contributed by atoms with Gasteiger partial charge in [-0.15, -0.1) is 0 Å². The Morgan fingerprint density at radius 2 is 1.81 bits per heavy atom. The quantitative estimate of drug-likeness (QED) is 0.153. The van der Waals surface area contributed by atoms with E-state index >= 15 is 0 Å². The highest BCUT2D eigenvalue weighted by Gasteiger charge is 2.67. The Morgan fingerprint density at radius 3 is 2.41 bits per heavy atom. The van der Waals surface area contributed by atoms with Crippen LogP contribution in [0, 0.1) is 17.3 Å². The molecule has 0 amide bonds. The molecule has 4 nitrogen and oxygen atoms in total. The molecule has 4 saturated carbocycles. The van der Waals surface area contributed by atoms with Gasteiger partial charge in [-0.05, 0) is 67.8 Å². The smallest absolute Gasteiger partial charge is 0.330 e. The maximum absolute atomic E-state index is 12.0. The van der Waals surface area contributed by atoms with Crippen molar-refractivity contribution in [1.29, 1.82) is 0 Å². The fourth-order valence-corrected chi connectivity index (χ4v) is 10.7. The summed E-state index contributed by atoms with van der Waals surface area (Å²) in [6.07, 6.45) is 14.7. The van der Waals surface area contributed by atoms with Crippen molar-refractivity contribution < 1.29 is 19.4 Å². The molecule has 5 aliphatic rings. The zero-order valence-electron chi connectivity index (χ0n) is 18.9. The van der Waals surface area contributed by atoms with Crippen molar-refractivity contribution in [2.45, 2.75) is 83.6 Å². The lowest BCUT2D eigenvalue weighted by atomic mass is 9.51. The molecule has 0 saturated heterocycles. The van der Waals surface area contributed by atoms with Gasteiger partial charge in [0, 0.05) is 24.8 Å². The van der Waals surface area contributed by atoms with Gasteiger partial charge in [-0.3, -0.25) is 4.79 Å². The Kier molecular flexibility index (Phi) is 9.60. The number of allylic oxidation sites excluding steroid dienone is 1. The summed E-state index contributed by atoms with van der Waals surface area (Å²) in [5.41, 5.74) is 0.996. The average molecular weight is 780 g/mol. The highest BCUT2D eigenvalue weighted by Crippen LogP contribution is 2.69. The lowest BCUT2D eigenvalue weighted by Gasteiger charge is -2.61. The Balaban J connectivity index is 0.000000522. The molecular weight excluding hydrogens is 745 g/mol. The van der Waals surface area contributed by atoms with E-state index in [0.29, 0.717) is 18.3 Å². The molecule has 180 valence electrons. The number of rotatable bonds is 3.